The fraction of sp³-hybridized carbons (Fsp3) is 0.250. The van der Waals surface area contributed by atoms with Crippen LogP contribution in [-0.2, 0) is 17.6 Å². The first-order chi connectivity index (χ1) is 9.24. The Morgan fingerprint density at radius 3 is 1.63 bits per heavy atom. The van der Waals surface area contributed by atoms with Crippen LogP contribution >= 0.6 is 0 Å². The maximum Gasteiger partial charge on any atom is 0.123 e. The molecule has 1 nitrogen and oxygen atoms in total. The number of hydrogen-bond acceptors (Lipinski definition) is 1. The molecule has 0 aliphatic heterocycles. The van der Waals surface area contributed by atoms with Crippen molar-refractivity contribution in [1.29, 1.82) is 0 Å². The van der Waals surface area contributed by atoms with Gasteiger partial charge in [-0.3, -0.25) is 0 Å². The Labute approximate surface area is 111 Å². The summed E-state index contributed by atoms with van der Waals surface area (Å²) in [6.45, 7) is 1.08. The van der Waals surface area contributed by atoms with Crippen molar-refractivity contribution in [3.8, 4) is 0 Å². The lowest BCUT2D eigenvalue weighted by Gasteiger charge is -2.05. The van der Waals surface area contributed by atoms with E-state index in [4.69, 9.17) is 4.74 Å². The average Bonchev–Trinajstić information content (AvgIpc) is 2.38. The Kier molecular flexibility index (Phi) is 5.04. The third kappa shape index (κ3) is 4.79. The quantitative estimate of drug-likeness (QED) is 0.720. The van der Waals surface area contributed by atoms with E-state index in [-0.39, 0.29) is 11.6 Å². The van der Waals surface area contributed by atoms with E-state index in [2.05, 4.69) is 0 Å². The first kappa shape index (κ1) is 13.7. The van der Waals surface area contributed by atoms with E-state index in [9.17, 15) is 8.78 Å². The molecule has 100 valence electrons. The summed E-state index contributed by atoms with van der Waals surface area (Å²) >= 11 is 0. The second kappa shape index (κ2) is 7.00. The summed E-state index contributed by atoms with van der Waals surface area (Å²) in [4.78, 5) is 0. The minimum Gasteiger partial charge on any atom is -0.381 e. The van der Waals surface area contributed by atoms with Crippen molar-refractivity contribution in [2.24, 2.45) is 0 Å². The van der Waals surface area contributed by atoms with Gasteiger partial charge in [-0.1, -0.05) is 24.3 Å². The van der Waals surface area contributed by atoms with E-state index in [1.165, 1.54) is 24.3 Å². The highest BCUT2D eigenvalue weighted by Crippen LogP contribution is 2.06. The van der Waals surface area contributed by atoms with Gasteiger partial charge in [0.15, 0.2) is 0 Å². The second-order valence-electron chi connectivity index (χ2n) is 4.37. The van der Waals surface area contributed by atoms with Gasteiger partial charge in [-0.25, -0.2) is 8.78 Å². The summed E-state index contributed by atoms with van der Waals surface area (Å²) in [7, 11) is 0. The molecule has 0 unspecified atom stereocenters. The van der Waals surface area contributed by atoms with Crippen molar-refractivity contribution in [3.63, 3.8) is 0 Å². The Morgan fingerprint density at radius 2 is 1.21 bits per heavy atom. The highest BCUT2D eigenvalue weighted by molar-refractivity contribution is 5.17. The molecule has 0 saturated heterocycles. The van der Waals surface area contributed by atoms with E-state index < -0.39 is 0 Å². The fourth-order valence-electron chi connectivity index (χ4n) is 1.87. The average molecular weight is 262 g/mol. The Balaban J connectivity index is 1.67. The van der Waals surface area contributed by atoms with Crippen LogP contribution in [0.15, 0.2) is 48.5 Å². The largest absolute Gasteiger partial charge is 0.381 e. The molecule has 3 heteroatoms. The predicted molar refractivity (Wildman–Crippen MR) is 71.0 cm³/mol. The number of rotatable bonds is 6. The molecule has 2 aromatic carbocycles. The third-order valence-corrected chi connectivity index (χ3v) is 2.85. The number of halogens is 2. The molecule has 0 saturated carbocycles. The van der Waals surface area contributed by atoms with Crippen molar-refractivity contribution in [1.82, 2.24) is 0 Å². The summed E-state index contributed by atoms with van der Waals surface area (Å²) in [6, 6.07) is 13.0. The van der Waals surface area contributed by atoms with Gasteiger partial charge in [0.25, 0.3) is 0 Å². The molecule has 0 heterocycles. The van der Waals surface area contributed by atoms with Gasteiger partial charge in [0.2, 0.25) is 0 Å². The molecule has 2 aromatic rings. The van der Waals surface area contributed by atoms with Crippen molar-refractivity contribution in [2.75, 3.05) is 13.2 Å². The van der Waals surface area contributed by atoms with Gasteiger partial charge >= 0.3 is 0 Å². The fourth-order valence-corrected chi connectivity index (χ4v) is 1.87. The van der Waals surface area contributed by atoms with Crippen LogP contribution in [0.1, 0.15) is 11.1 Å². The predicted octanol–water partition coefficient (Wildman–Crippen LogP) is 3.77. The van der Waals surface area contributed by atoms with Gasteiger partial charge in [-0.2, -0.15) is 0 Å². The van der Waals surface area contributed by atoms with E-state index in [1.807, 2.05) is 12.1 Å². The number of ether oxygens (including phenoxy) is 1. The maximum absolute atomic E-state index is 12.9. The minimum atomic E-state index is -0.225. The molecule has 0 amide bonds. The normalized spacial score (nSPS) is 10.6. The van der Waals surface area contributed by atoms with E-state index in [0.717, 1.165) is 11.1 Å². The van der Waals surface area contributed by atoms with E-state index in [0.29, 0.717) is 26.1 Å². The molecule has 2 rings (SSSR count). The molecule has 0 aliphatic carbocycles. The summed E-state index contributed by atoms with van der Waals surface area (Å²) in [5.74, 6) is -0.450. The molecular weight excluding hydrogens is 246 g/mol. The Bertz CT molecular complexity index is 478. The monoisotopic (exact) mass is 262 g/mol. The van der Waals surface area contributed by atoms with Crippen LogP contribution in [0.25, 0.3) is 0 Å². The molecule has 0 radical (unpaired) electrons. The van der Waals surface area contributed by atoms with Crippen LogP contribution in [0.5, 0.6) is 0 Å². The van der Waals surface area contributed by atoms with Gasteiger partial charge in [0.05, 0.1) is 13.2 Å². The zero-order valence-electron chi connectivity index (χ0n) is 10.6. The lowest BCUT2D eigenvalue weighted by atomic mass is 10.1. The van der Waals surface area contributed by atoms with Crippen LogP contribution in [0.4, 0.5) is 8.78 Å². The van der Waals surface area contributed by atoms with E-state index >= 15 is 0 Å². The lowest BCUT2D eigenvalue weighted by Crippen LogP contribution is -2.03. The van der Waals surface area contributed by atoms with Crippen molar-refractivity contribution >= 4 is 0 Å². The molecular formula is C16H16F2O. The first-order valence-corrected chi connectivity index (χ1v) is 6.31. The second-order valence-corrected chi connectivity index (χ2v) is 4.37. The van der Waals surface area contributed by atoms with Gasteiger partial charge in [0, 0.05) is 0 Å². The minimum absolute atomic E-state index is 0.225. The van der Waals surface area contributed by atoms with Crippen LogP contribution in [0.2, 0.25) is 0 Å². The zero-order valence-corrected chi connectivity index (χ0v) is 10.6. The first-order valence-electron chi connectivity index (χ1n) is 6.31. The van der Waals surface area contributed by atoms with Crippen molar-refractivity contribution in [2.45, 2.75) is 12.8 Å². The smallest absolute Gasteiger partial charge is 0.123 e. The highest BCUT2D eigenvalue weighted by Gasteiger charge is 1.98. The van der Waals surface area contributed by atoms with Crippen molar-refractivity contribution in [3.05, 3.63) is 71.3 Å². The van der Waals surface area contributed by atoms with Gasteiger partial charge in [-0.05, 0) is 48.2 Å². The number of benzene rings is 2. The summed E-state index contributed by atoms with van der Waals surface area (Å²) in [5.41, 5.74) is 1.84. The highest BCUT2D eigenvalue weighted by atomic mass is 19.1. The van der Waals surface area contributed by atoms with Crippen LogP contribution in [0.3, 0.4) is 0 Å². The van der Waals surface area contributed by atoms with Gasteiger partial charge in [-0.15, -0.1) is 0 Å². The Hall–Kier alpha value is -1.74. The molecule has 0 atom stereocenters. The van der Waals surface area contributed by atoms with Gasteiger partial charge in [0.1, 0.15) is 11.6 Å². The number of hydrogen-bond donors (Lipinski definition) is 0. The molecule has 0 aromatic heterocycles. The third-order valence-electron chi connectivity index (χ3n) is 2.85. The van der Waals surface area contributed by atoms with Gasteiger partial charge < -0.3 is 4.74 Å². The summed E-state index contributed by atoms with van der Waals surface area (Å²) < 4.78 is 31.3. The maximum atomic E-state index is 12.9. The molecule has 0 aliphatic rings. The summed E-state index contributed by atoms with van der Waals surface area (Å²) in [6.07, 6.45) is 1.36. The SMILES string of the molecule is Fc1cccc(CCOCCc2cccc(F)c2)c1. The van der Waals surface area contributed by atoms with Crippen LogP contribution in [-0.4, -0.2) is 13.2 Å². The molecule has 0 N–H and O–H groups in total. The standard InChI is InChI=1S/C16H16F2O/c17-15-5-1-3-13(11-15)7-9-19-10-8-14-4-2-6-16(18)12-14/h1-6,11-12H,7-10H2. The lowest BCUT2D eigenvalue weighted by molar-refractivity contribution is 0.140. The van der Waals surface area contributed by atoms with Crippen molar-refractivity contribution < 1.29 is 13.5 Å². The topological polar surface area (TPSA) is 9.23 Å². The zero-order chi connectivity index (χ0) is 13.5. The molecule has 19 heavy (non-hydrogen) atoms. The van der Waals surface area contributed by atoms with Crippen LogP contribution in [0, 0.1) is 11.6 Å². The summed E-state index contributed by atoms with van der Waals surface area (Å²) in [5, 5.41) is 0. The molecule has 0 fully saturated rings. The van der Waals surface area contributed by atoms with Crippen LogP contribution < -0.4 is 0 Å². The Morgan fingerprint density at radius 1 is 0.737 bits per heavy atom. The van der Waals surface area contributed by atoms with E-state index in [1.54, 1.807) is 12.1 Å². The molecule has 0 bridgehead atoms. The molecule has 0 spiro atoms.